The van der Waals surface area contributed by atoms with Crippen molar-refractivity contribution in [2.24, 2.45) is 0 Å². The molecule has 1 N–H and O–H groups in total. The van der Waals surface area contributed by atoms with E-state index in [9.17, 15) is 18.0 Å². The smallest absolute Gasteiger partial charge is 0.433 e. The Hall–Kier alpha value is -4.00. The standard InChI is InChI=1S/C25H26F3N7O3/c1-14(37-3)20-23(36)35-10-4-5-17-21(35)22(34(20)2)33-24(32-17)31-12-15-6-9-19(30-11-15)38-16-7-8-18(29-13-16)25(26,27)28/h6-9,11,13-14,20H,4-5,10,12H2,1-3H3,(H,31,32,33). The Kier molecular flexibility index (Phi) is 6.78. The number of pyridine rings is 2. The number of carbonyl (C=O) groups excluding carboxylic acids is 1. The number of likely N-dealkylation sites (N-methyl/N-ethyl adjacent to an activating group) is 1. The molecule has 200 valence electrons. The first kappa shape index (κ1) is 25.6. The number of nitrogens with one attached hydrogen (secondary N) is 1. The monoisotopic (exact) mass is 529 g/mol. The number of carbonyl (C=O) groups is 1. The Balaban J connectivity index is 1.29. The van der Waals surface area contributed by atoms with Gasteiger partial charge in [0.2, 0.25) is 11.8 Å². The van der Waals surface area contributed by atoms with Crippen molar-refractivity contribution in [1.82, 2.24) is 19.9 Å². The first-order valence-corrected chi connectivity index (χ1v) is 12.0. The van der Waals surface area contributed by atoms with Crippen LogP contribution in [0.3, 0.4) is 0 Å². The summed E-state index contributed by atoms with van der Waals surface area (Å²) in [5.41, 5.74) is 1.40. The third kappa shape index (κ3) is 4.93. The van der Waals surface area contributed by atoms with Gasteiger partial charge in [-0.25, -0.2) is 15.0 Å². The molecule has 5 heterocycles. The molecule has 38 heavy (non-hydrogen) atoms. The molecule has 2 aliphatic heterocycles. The van der Waals surface area contributed by atoms with E-state index in [0.717, 1.165) is 42.0 Å². The number of aromatic nitrogens is 4. The SMILES string of the molecule is COC(C)C1C(=O)N2CCCc3nc(NCc4ccc(Oc5ccc(C(F)(F)F)nc5)nc4)nc(c32)N1C. The van der Waals surface area contributed by atoms with Crippen LogP contribution < -0.4 is 19.9 Å². The molecule has 2 unspecified atom stereocenters. The van der Waals surface area contributed by atoms with E-state index in [2.05, 4.69) is 20.3 Å². The fourth-order valence-electron chi connectivity index (χ4n) is 4.59. The quantitative estimate of drug-likeness (QED) is 0.489. The summed E-state index contributed by atoms with van der Waals surface area (Å²) in [6.45, 7) is 2.86. The number of ether oxygens (including phenoxy) is 2. The van der Waals surface area contributed by atoms with Gasteiger partial charge in [0, 0.05) is 39.5 Å². The molecule has 3 aromatic rings. The fraction of sp³-hybridized carbons (Fsp3) is 0.400. The highest BCUT2D eigenvalue weighted by Gasteiger charge is 2.43. The van der Waals surface area contributed by atoms with Gasteiger partial charge in [0.1, 0.15) is 23.2 Å². The number of methoxy groups -OCH3 is 1. The second-order valence-corrected chi connectivity index (χ2v) is 9.09. The van der Waals surface area contributed by atoms with Gasteiger partial charge in [-0.05, 0) is 37.5 Å². The van der Waals surface area contributed by atoms with Gasteiger partial charge in [-0.1, -0.05) is 6.07 Å². The second kappa shape index (κ2) is 10.0. The summed E-state index contributed by atoms with van der Waals surface area (Å²) < 4.78 is 49.0. The van der Waals surface area contributed by atoms with Crippen molar-refractivity contribution < 1.29 is 27.4 Å². The van der Waals surface area contributed by atoms with Crippen LogP contribution in [0.1, 0.15) is 30.3 Å². The molecule has 0 spiro atoms. The van der Waals surface area contributed by atoms with Crippen LogP contribution in [0, 0.1) is 0 Å². The molecule has 5 rings (SSSR count). The third-order valence-electron chi connectivity index (χ3n) is 6.59. The average Bonchev–Trinajstić information content (AvgIpc) is 2.91. The Morgan fingerprint density at radius 2 is 1.97 bits per heavy atom. The van der Waals surface area contributed by atoms with E-state index < -0.39 is 17.9 Å². The van der Waals surface area contributed by atoms with Gasteiger partial charge in [-0.15, -0.1) is 0 Å². The number of aryl methyl sites for hydroxylation is 1. The minimum absolute atomic E-state index is 0.0138. The summed E-state index contributed by atoms with van der Waals surface area (Å²) in [7, 11) is 3.42. The van der Waals surface area contributed by atoms with Crippen molar-refractivity contribution in [2.75, 3.05) is 35.8 Å². The number of halogens is 3. The molecule has 0 radical (unpaired) electrons. The van der Waals surface area contributed by atoms with E-state index >= 15 is 0 Å². The van der Waals surface area contributed by atoms with Gasteiger partial charge < -0.3 is 24.6 Å². The van der Waals surface area contributed by atoms with Gasteiger partial charge in [0.25, 0.3) is 5.91 Å². The summed E-state index contributed by atoms with van der Waals surface area (Å²) >= 11 is 0. The van der Waals surface area contributed by atoms with E-state index in [-0.39, 0.29) is 23.6 Å². The number of alkyl halides is 3. The molecule has 0 fully saturated rings. The van der Waals surface area contributed by atoms with Gasteiger partial charge in [0.05, 0.1) is 18.0 Å². The Bertz CT molecular complexity index is 1320. The molecule has 0 aromatic carbocycles. The largest absolute Gasteiger partial charge is 0.437 e. The van der Waals surface area contributed by atoms with E-state index in [1.54, 1.807) is 30.3 Å². The zero-order valence-corrected chi connectivity index (χ0v) is 21.0. The molecule has 0 bridgehead atoms. The summed E-state index contributed by atoms with van der Waals surface area (Å²) in [6, 6.07) is 4.94. The highest BCUT2D eigenvalue weighted by Crippen LogP contribution is 2.40. The minimum atomic E-state index is -4.51. The predicted molar refractivity (Wildman–Crippen MR) is 132 cm³/mol. The Morgan fingerprint density at radius 3 is 2.63 bits per heavy atom. The summed E-state index contributed by atoms with van der Waals surface area (Å²) in [5.74, 6) is 1.46. The van der Waals surface area contributed by atoms with Gasteiger partial charge in [-0.3, -0.25) is 4.79 Å². The normalized spacial score (nSPS) is 17.7. The molecule has 0 saturated heterocycles. The lowest BCUT2D eigenvalue weighted by Crippen LogP contribution is -2.58. The zero-order valence-electron chi connectivity index (χ0n) is 21.0. The van der Waals surface area contributed by atoms with E-state index in [1.165, 1.54) is 6.07 Å². The van der Waals surface area contributed by atoms with Crippen LogP contribution >= 0.6 is 0 Å². The van der Waals surface area contributed by atoms with Crippen LogP contribution in [-0.2, 0) is 28.7 Å². The van der Waals surface area contributed by atoms with E-state index in [1.807, 2.05) is 18.9 Å². The maximum absolute atomic E-state index is 13.2. The average molecular weight is 530 g/mol. The van der Waals surface area contributed by atoms with Crippen molar-refractivity contribution in [1.29, 1.82) is 0 Å². The molecule has 0 aliphatic carbocycles. The highest BCUT2D eigenvalue weighted by molar-refractivity contribution is 6.06. The highest BCUT2D eigenvalue weighted by atomic mass is 19.4. The fourth-order valence-corrected chi connectivity index (χ4v) is 4.59. The summed E-state index contributed by atoms with van der Waals surface area (Å²) in [6.07, 6.45) is -0.682. The number of amides is 1. The van der Waals surface area contributed by atoms with Crippen molar-refractivity contribution in [3.8, 4) is 11.6 Å². The van der Waals surface area contributed by atoms with Crippen LogP contribution in [0.4, 0.5) is 30.6 Å². The van der Waals surface area contributed by atoms with Crippen LogP contribution in [0.15, 0.2) is 36.7 Å². The molecule has 3 aromatic heterocycles. The van der Waals surface area contributed by atoms with Crippen LogP contribution in [-0.4, -0.2) is 58.7 Å². The number of rotatable bonds is 7. The zero-order chi connectivity index (χ0) is 27.0. The van der Waals surface area contributed by atoms with Gasteiger partial charge in [-0.2, -0.15) is 18.2 Å². The molecule has 1 amide bonds. The lowest BCUT2D eigenvalue weighted by Gasteiger charge is -2.44. The van der Waals surface area contributed by atoms with Crippen LogP contribution in [0.5, 0.6) is 11.6 Å². The van der Waals surface area contributed by atoms with Crippen molar-refractivity contribution in [3.63, 3.8) is 0 Å². The van der Waals surface area contributed by atoms with Crippen LogP contribution in [0.25, 0.3) is 0 Å². The first-order chi connectivity index (χ1) is 18.2. The van der Waals surface area contributed by atoms with Crippen molar-refractivity contribution in [3.05, 3.63) is 53.6 Å². The Labute approximate surface area is 216 Å². The topological polar surface area (TPSA) is 106 Å². The lowest BCUT2D eigenvalue weighted by molar-refractivity contribution is -0.141. The molecular formula is C25H26F3N7O3. The molecule has 0 saturated carbocycles. The molecular weight excluding hydrogens is 503 g/mol. The van der Waals surface area contributed by atoms with Crippen LogP contribution in [0.2, 0.25) is 0 Å². The van der Waals surface area contributed by atoms with Crippen molar-refractivity contribution in [2.45, 2.75) is 44.6 Å². The summed E-state index contributed by atoms with van der Waals surface area (Å²) in [4.78, 5) is 33.8. The molecule has 10 nitrogen and oxygen atoms in total. The number of hydrogen-bond acceptors (Lipinski definition) is 9. The Morgan fingerprint density at radius 1 is 1.16 bits per heavy atom. The number of nitrogens with zero attached hydrogens (tertiary/aromatic N) is 6. The summed E-state index contributed by atoms with van der Waals surface area (Å²) in [5, 5.41) is 3.22. The van der Waals surface area contributed by atoms with E-state index in [0.29, 0.717) is 24.9 Å². The van der Waals surface area contributed by atoms with Crippen molar-refractivity contribution >= 4 is 23.4 Å². The minimum Gasteiger partial charge on any atom is -0.437 e. The number of anilines is 3. The third-order valence-corrected chi connectivity index (χ3v) is 6.59. The maximum Gasteiger partial charge on any atom is 0.433 e. The van der Waals surface area contributed by atoms with E-state index in [4.69, 9.17) is 14.5 Å². The first-order valence-electron chi connectivity index (χ1n) is 12.0. The molecule has 13 heteroatoms. The predicted octanol–water partition coefficient (Wildman–Crippen LogP) is 3.82. The molecule has 2 atom stereocenters. The maximum atomic E-state index is 13.2. The second-order valence-electron chi connectivity index (χ2n) is 9.09. The van der Waals surface area contributed by atoms with Gasteiger partial charge >= 0.3 is 6.18 Å². The lowest BCUT2D eigenvalue weighted by atomic mass is 9.99. The number of hydrogen-bond donors (Lipinski definition) is 1. The molecule has 2 aliphatic rings. The van der Waals surface area contributed by atoms with Gasteiger partial charge in [0.15, 0.2) is 5.82 Å².